The maximum absolute atomic E-state index is 12.8. The molecule has 0 unspecified atom stereocenters. The van der Waals surface area contributed by atoms with E-state index in [1.807, 2.05) is 24.3 Å². The Balaban J connectivity index is 1.80. The predicted octanol–water partition coefficient (Wildman–Crippen LogP) is 3.77. The van der Waals surface area contributed by atoms with E-state index in [-0.39, 0.29) is 23.0 Å². The number of hydrogen-bond donors (Lipinski definition) is 1. The monoisotopic (exact) mass is 429 g/mol. The van der Waals surface area contributed by atoms with Gasteiger partial charge >= 0.3 is 0 Å². The molecule has 0 saturated carbocycles. The van der Waals surface area contributed by atoms with Crippen molar-refractivity contribution in [2.45, 2.75) is 23.3 Å². The molecule has 4 nitrogen and oxygen atoms in total. The van der Waals surface area contributed by atoms with Crippen LogP contribution in [0.4, 0.5) is 0 Å². The molecule has 0 bridgehead atoms. The van der Waals surface area contributed by atoms with E-state index in [9.17, 15) is 13.5 Å². The highest BCUT2D eigenvalue weighted by Crippen LogP contribution is 2.36. The summed E-state index contributed by atoms with van der Waals surface area (Å²) in [5.41, 5.74) is -0.201. The van der Waals surface area contributed by atoms with Crippen molar-refractivity contribution in [2.75, 3.05) is 13.1 Å². The van der Waals surface area contributed by atoms with Crippen LogP contribution in [0.3, 0.4) is 0 Å². The Morgan fingerprint density at radius 1 is 1.04 bits per heavy atom. The second-order valence-corrected chi connectivity index (χ2v) is 9.10. The lowest BCUT2D eigenvalue weighted by molar-refractivity contribution is -0.00962. The Hall–Kier alpha value is -0.920. The van der Waals surface area contributed by atoms with Gasteiger partial charge in [0, 0.05) is 17.6 Å². The topological polar surface area (TPSA) is 57.6 Å². The molecule has 3 rings (SSSR count). The van der Waals surface area contributed by atoms with Crippen LogP contribution in [0.5, 0.6) is 0 Å². The third-order valence-corrected chi connectivity index (χ3v) is 7.31. The van der Waals surface area contributed by atoms with E-state index in [4.69, 9.17) is 11.6 Å². The van der Waals surface area contributed by atoms with Crippen molar-refractivity contribution in [2.24, 2.45) is 0 Å². The van der Waals surface area contributed by atoms with Crippen LogP contribution < -0.4 is 0 Å². The molecule has 1 N–H and O–H groups in total. The van der Waals surface area contributed by atoms with E-state index >= 15 is 0 Å². The average molecular weight is 431 g/mol. The fraction of sp³-hybridized carbons (Fsp3) is 0.294. The second kappa shape index (κ2) is 6.77. The molecule has 0 aliphatic carbocycles. The molecule has 1 heterocycles. The lowest BCUT2D eigenvalue weighted by Gasteiger charge is -2.38. The van der Waals surface area contributed by atoms with E-state index in [1.165, 1.54) is 10.4 Å². The summed E-state index contributed by atoms with van der Waals surface area (Å²) in [6.45, 7) is 0.500. The van der Waals surface area contributed by atoms with Crippen LogP contribution in [0.1, 0.15) is 18.4 Å². The van der Waals surface area contributed by atoms with E-state index in [0.717, 1.165) is 10.0 Å². The second-order valence-electron chi connectivity index (χ2n) is 5.87. The number of halogens is 2. The third-order valence-electron chi connectivity index (χ3n) is 4.39. The molecular formula is C17H17BrClNO3S. The first-order valence-electron chi connectivity index (χ1n) is 7.56. The molecule has 1 aliphatic rings. The molecule has 128 valence electrons. The molecule has 1 saturated heterocycles. The highest BCUT2D eigenvalue weighted by Gasteiger charge is 2.38. The van der Waals surface area contributed by atoms with Crippen molar-refractivity contribution in [1.82, 2.24) is 4.31 Å². The van der Waals surface area contributed by atoms with Gasteiger partial charge in [-0.3, -0.25) is 0 Å². The highest BCUT2D eigenvalue weighted by molar-refractivity contribution is 9.10. The zero-order valence-corrected chi connectivity index (χ0v) is 16.0. The Kier molecular flexibility index (Phi) is 5.04. The quantitative estimate of drug-likeness (QED) is 0.806. The van der Waals surface area contributed by atoms with Gasteiger partial charge in [0.05, 0.1) is 10.6 Å². The Labute approximate surface area is 155 Å². The number of aliphatic hydroxyl groups is 1. The van der Waals surface area contributed by atoms with E-state index in [1.54, 1.807) is 18.2 Å². The molecule has 1 aliphatic heterocycles. The summed E-state index contributed by atoms with van der Waals surface area (Å²) < 4.78 is 27.8. The predicted molar refractivity (Wildman–Crippen MR) is 97.5 cm³/mol. The molecule has 0 spiro atoms. The van der Waals surface area contributed by atoms with Crippen molar-refractivity contribution in [1.29, 1.82) is 0 Å². The fourth-order valence-corrected chi connectivity index (χ4v) is 5.14. The van der Waals surface area contributed by atoms with Crippen molar-refractivity contribution in [3.8, 4) is 0 Å². The number of sulfonamides is 1. The summed E-state index contributed by atoms with van der Waals surface area (Å²) in [5, 5.41) is 11.1. The molecule has 2 aromatic rings. The van der Waals surface area contributed by atoms with Gasteiger partial charge < -0.3 is 5.11 Å². The van der Waals surface area contributed by atoms with E-state index < -0.39 is 15.6 Å². The van der Waals surface area contributed by atoms with Crippen LogP contribution in [-0.4, -0.2) is 30.9 Å². The maximum Gasteiger partial charge on any atom is 0.244 e. The standard InChI is InChI=1S/C17H17BrClNO3S/c18-14-7-5-13(6-8-14)17(21)9-11-20(12-10-17)24(22,23)16-4-2-1-3-15(16)19/h1-8,21H,9-12H2. The van der Waals surface area contributed by atoms with Crippen LogP contribution in [-0.2, 0) is 15.6 Å². The number of rotatable bonds is 3. The fourth-order valence-electron chi connectivity index (χ4n) is 2.94. The summed E-state index contributed by atoms with van der Waals surface area (Å²) in [4.78, 5) is 0.112. The van der Waals surface area contributed by atoms with Crippen molar-refractivity contribution in [3.63, 3.8) is 0 Å². The normalized spacial score (nSPS) is 18.5. The first kappa shape index (κ1) is 17.9. The average Bonchev–Trinajstić information content (AvgIpc) is 2.56. The Morgan fingerprint density at radius 3 is 2.21 bits per heavy atom. The van der Waals surface area contributed by atoms with E-state index in [2.05, 4.69) is 15.9 Å². The zero-order valence-electron chi connectivity index (χ0n) is 12.8. The molecule has 2 aromatic carbocycles. The minimum absolute atomic E-state index is 0.112. The van der Waals surface area contributed by atoms with Crippen LogP contribution in [0.15, 0.2) is 57.9 Å². The third kappa shape index (κ3) is 3.39. The number of piperidine rings is 1. The SMILES string of the molecule is O=S(=O)(c1ccccc1Cl)N1CCC(O)(c2ccc(Br)cc2)CC1. The number of benzene rings is 2. The number of hydrogen-bond acceptors (Lipinski definition) is 3. The van der Waals surface area contributed by atoms with Crippen LogP contribution in [0.25, 0.3) is 0 Å². The first-order valence-corrected chi connectivity index (χ1v) is 10.2. The van der Waals surface area contributed by atoms with Gasteiger partial charge in [0.2, 0.25) is 10.0 Å². The highest BCUT2D eigenvalue weighted by atomic mass is 79.9. The lowest BCUT2D eigenvalue weighted by atomic mass is 9.85. The summed E-state index contributed by atoms with van der Waals surface area (Å²) in [5.74, 6) is 0. The smallest absolute Gasteiger partial charge is 0.244 e. The van der Waals surface area contributed by atoms with Crippen molar-refractivity contribution < 1.29 is 13.5 Å². The Morgan fingerprint density at radius 2 is 1.62 bits per heavy atom. The van der Waals surface area contributed by atoms with Gasteiger partial charge in [0.1, 0.15) is 4.90 Å². The van der Waals surface area contributed by atoms with Crippen LogP contribution in [0.2, 0.25) is 5.02 Å². The van der Waals surface area contributed by atoms with Crippen molar-refractivity contribution >= 4 is 37.6 Å². The summed E-state index contributed by atoms with van der Waals surface area (Å²) in [6.07, 6.45) is 0.691. The van der Waals surface area contributed by atoms with Crippen LogP contribution in [0, 0.1) is 0 Å². The van der Waals surface area contributed by atoms with Crippen molar-refractivity contribution in [3.05, 3.63) is 63.6 Å². The summed E-state index contributed by atoms with van der Waals surface area (Å²) in [6, 6.07) is 13.9. The van der Waals surface area contributed by atoms with Gasteiger partial charge in [-0.05, 0) is 42.7 Å². The van der Waals surface area contributed by atoms with Gasteiger partial charge in [0.15, 0.2) is 0 Å². The lowest BCUT2D eigenvalue weighted by Crippen LogP contribution is -2.45. The molecule has 1 fully saturated rings. The molecule has 7 heteroatoms. The van der Waals surface area contributed by atoms with Gasteiger partial charge in [-0.1, -0.05) is 51.8 Å². The molecule has 24 heavy (non-hydrogen) atoms. The molecule has 0 amide bonds. The molecule has 0 atom stereocenters. The summed E-state index contributed by atoms with van der Waals surface area (Å²) in [7, 11) is -3.65. The molecular weight excluding hydrogens is 414 g/mol. The first-order chi connectivity index (χ1) is 11.3. The minimum atomic E-state index is -3.65. The molecule has 0 aromatic heterocycles. The minimum Gasteiger partial charge on any atom is -0.385 e. The van der Waals surface area contributed by atoms with Gasteiger partial charge in [0.25, 0.3) is 0 Å². The van der Waals surface area contributed by atoms with Crippen LogP contribution >= 0.6 is 27.5 Å². The summed E-state index contributed by atoms with van der Waals surface area (Å²) >= 11 is 9.41. The largest absolute Gasteiger partial charge is 0.385 e. The Bertz CT molecular complexity index is 831. The van der Waals surface area contributed by atoms with Gasteiger partial charge in [-0.25, -0.2) is 8.42 Å². The maximum atomic E-state index is 12.8. The molecule has 0 radical (unpaired) electrons. The van der Waals surface area contributed by atoms with Gasteiger partial charge in [-0.2, -0.15) is 4.31 Å². The zero-order chi connectivity index (χ0) is 17.4. The van der Waals surface area contributed by atoms with Gasteiger partial charge in [-0.15, -0.1) is 0 Å². The number of nitrogens with zero attached hydrogens (tertiary/aromatic N) is 1. The van der Waals surface area contributed by atoms with E-state index in [0.29, 0.717) is 12.8 Å².